The molecular weight excluding hydrogens is 841 g/mol. The van der Waals surface area contributed by atoms with E-state index in [4.69, 9.17) is 14.2 Å². The second-order valence-corrected chi connectivity index (χ2v) is 20.3. The van der Waals surface area contributed by atoms with E-state index in [1.807, 2.05) is 0 Å². The molecule has 0 aliphatic heterocycles. The molecule has 0 aromatic carbocycles. The number of carbonyl (C=O) groups excluding carboxylic acids is 3. The first-order valence-electron chi connectivity index (χ1n) is 30.0. The van der Waals surface area contributed by atoms with E-state index in [0.717, 1.165) is 77.0 Å². The van der Waals surface area contributed by atoms with E-state index in [0.29, 0.717) is 19.3 Å². The molecule has 1 unspecified atom stereocenters. The topological polar surface area (TPSA) is 78.9 Å². The zero-order chi connectivity index (χ0) is 49.3. The van der Waals surface area contributed by atoms with Gasteiger partial charge in [0.25, 0.3) is 0 Å². The molecule has 0 amide bonds. The highest BCUT2D eigenvalue weighted by molar-refractivity contribution is 5.71. The summed E-state index contributed by atoms with van der Waals surface area (Å²) in [6.07, 6.45) is 68.9. The van der Waals surface area contributed by atoms with Crippen molar-refractivity contribution in [1.82, 2.24) is 0 Å². The van der Waals surface area contributed by atoms with Gasteiger partial charge in [0.1, 0.15) is 13.2 Å². The average Bonchev–Trinajstić information content (AvgIpc) is 3.34. The average molecular weight is 956 g/mol. The van der Waals surface area contributed by atoms with Gasteiger partial charge in [0.05, 0.1) is 0 Å². The van der Waals surface area contributed by atoms with Crippen molar-refractivity contribution in [2.24, 2.45) is 0 Å². The van der Waals surface area contributed by atoms with Crippen molar-refractivity contribution in [2.75, 3.05) is 13.2 Å². The lowest BCUT2D eigenvalue weighted by Gasteiger charge is -2.18. The van der Waals surface area contributed by atoms with Gasteiger partial charge < -0.3 is 14.2 Å². The van der Waals surface area contributed by atoms with Gasteiger partial charge in [0.2, 0.25) is 0 Å². The monoisotopic (exact) mass is 955 g/mol. The molecule has 0 rings (SSSR count). The Hall–Kier alpha value is -2.37. The Morgan fingerprint density at radius 1 is 0.294 bits per heavy atom. The number of rotatable bonds is 55. The molecule has 0 N–H and O–H groups in total. The van der Waals surface area contributed by atoms with Gasteiger partial charge in [-0.15, -0.1) is 0 Å². The number of hydrogen-bond acceptors (Lipinski definition) is 6. The molecule has 0 saturated carbocycles. The van der Waals surface area contributed by atoms with Crippen LogP contribution >= 0.6 is 0 Å². The Morgan fingerprint density at radius 3 is 0.824 bits per heavy atom. The summed E-state index contributed by atoms with van der Waals surface area (Å²) in [6, 6.07) is 0. The fraction of sp³-hybridized carbons (Fsp3) is 0.855. The van der Waals surface area contributed by atoms with Crippen LogP contribution in [0.15, 0.2) is 36.5 Å². The van der Waals surface area contributed by atoms with Crippen molar-refractivity contribution in [1.29, 1.82) is 0 Å². The van der Waals surface area contributed by atoms with Crippen LogP contribution in [-0.2, 0) is 28.6 Å². The van der Waals surface area contributed by atoms with Crippen molar-refractivity contribution in [3.05, 3.63) is 36.5 Å². The summed E-state index contributed by atoms with van der Waals surface area (Å²) in [5.74, 6) is -0.870. The molecule has 0 radical (unpaired) electrons. The minimum atomic E-state index is -0.769. The van der Waals surface area contributed by atoms with Crippen LogP contribution in [0.25, 0.3) is 0 Å². The van der Waals surface area contributed by atoms with Gasteiger partial charge in [-0.3, -0.25) is 14.4 Å². The normalized spacial score (nSPS) is 12.2. The van der Waals surface area contributed by atoms with E-state index in [9.17, 15) is 14.4 Å². The zero-order valence-electron chi connectivity index (χ0n) is 45.6. The maximum absolute atomic E-state index is 12.8. The lowest BCUT2D eigenvalue weighted by molar-refractivity contribution is -0.167. The molecule has 0 bridgehead atoms. The molecule has 0 aromatic heterocycles. The van der Waals surface area contributed by atoms with Crippen molar-refractivity contribution in [3.8, 4) is 0 Å². The first-order chi connectivity index (χ1) is 33.5. The fourth-order valence-corrected chi connectivity index (χ4v) is 8.86. The van der Waals surface area contributed by atoms with Crippen molar-refractivity contribution in [3.63, 3.8) is 0 Å². The Kier molecular flexibility index (Phi) is 55.2. The first kappa shape index (κ1) is 65.6. The van der Waals surface area contributed by atoms with Crippen molar-refractivity contribution in [2.45, 2.75) is 329 Å². The Bertz CT molecular complexity index is 1140. The quantitative estimate of drug-likeness (QED) is 0.0262. The second kappa shape index (κ2) is 57.2. The standard InChI is InChI=1S/C62H114O6/c1-4-7-10-13-16-18-20-22-24-26-28-30-31-33-34-36-38-40-42-44-46-49-52-55-61(64)67-58-59(57-66-60(63)54-51-48-15-12-9-6-3)68-62(65)56-53-50-47-45-43-41-39-37-35-32-29-27-25-23-21-19-17-14-11-8-5-2/h20,22,26,28,31,33,59H,4-19,21,23-25,27,29-30,32,34-58H2,1-3H3/b22-20-,28-26-,33-31-. The van der Waals surface area contributed by atoms with Crippen LogP contribution in [0.4, 0.5) is 0 Å². The number of esters is 3. The molecule has 0 heterocycles. The molecular formula is C62H114O6. The van der Waals surface area contributed by atoms with Crippen LogP contribution in [0.3, 0.4) is 0 Å². The van der Waals surface area contributed by atoms with E-state index >= 15 is 0 Å². The molecule has 398 valence electrons. The summed E-state index contributed by atoms with van der Waals surface area (Å²) < 4.78 is 16.8. The third-order valence-electron chi connectivity index (χ3n) is 13.4. The molecule has 68 heavy (non-hydrogen) atoms. The molecule has 0 saturated heterocycles. The van der Waals surface area contributed by atoms with Crippen LogP contribution in [0, 0.1) is 0 Å². The summed E-state index contributed by atoms with van der Waals surface area (Å²) in [4.78, 5) is 37.9. The van der Waals surface area contributed by atoms with Crippen LogP contribution in [0.1, 0.15) is 323 Å². The molecule has 0 aliphatic rings. The second-order valence-electron chi connectivity index (χ2n) is 20.3. The number of unbranched alkanes of at least 4 members (excludes halogenated alkanes) is 38. The summed E-state index contributed by atoms with van der Waals surface area (Å²) in [7, 11) is 0. The highest BCUT2D eigenvalue weighted by Gasteiger charge is 2.19. The molecule has 1 atom stereocenters. The Balaban J connectivity index is 4.11. The minimum Gasteiger partial charge on any atom is -0.462 e. The van der Waals surface area contributed by atoms with Gasteiger partial charge >= 0.3 is 17.9 Å². The Morgan fingerprint density at radius 2 is 0.529 bits per heavy atom. The summed E-state index contributed by atoms with van der Waals surface area (Å²) in [6.45, 7) is 6.61. The predicted molar refractivity (Wildman–Crippen MR) is 293 cm³/mol. The third kappa shape index (κ3) is 54.6. The number of allylic oxidation sites excluding steroid dienone is 6. The summed E-state index contributed by atoms with van der Waals surface area (Å²) >= 11 is 0. The fourth-order valence-electron chi connectivity index (χ4n) is 8.86. The van der Waals surface area contributed by atoms with Crippen LogP contribution in [-0.4, -0.2) is 37.2 Å². The van der Waals surface area contributed by atoms with Gasteiger partial charge in [-0.05, 0) is 57.8 Å². The van der Waals surface area contributed by atoms with E-state index in [1.165, 1.54) is 205 Å². The van der Waals surface area contributed by atoms with Crippen molar-refractivity contribution >= 4 is 17.9 Å². The highest BCUT2D eigenvalue weighted by Crippen LogP contribution is 2.17. The number of ether oxygens (including phenoxy) is 3. The molecule has 6 nitrogen and oxygen atoms in total. The highest BCUT2D eigenvalue weighted by atomic mass is 16.6. The third-order valence-corrected chi connectivity index (χ3v) is 13.4. The smallest absolute Gasteiger partial charge is 0.306 e. The number of carbonyl (C=O) groups is 3. The van der Waals surface area contributed by atoms with E-state index < -0.39 is 6.10 Å². The Labute approximate surface area is 423 Å². The van der Waals surface area contributed by atoms with Gasteiger partial charge in [-0.2, -0.15) is 0 Å². The summed E-state index contributed by atoms with van der Waals surface area (Å²) in [5, 5.41) is 0. The van der Waals surface area contributed by atoms with E-state index in [2.05, 4.69) is 57.2 Å². The van der Waals surface area contributed by atoms with Gasteiger partial charge in [-0.25, -0.2) is 0 Å². The summed E-state index contributed by atoms with van der Waals surface area (Å²) in [5.41, 5.74) is 0. The van der Waals surface area contributed by atoms with Crippen LogP contribution < -0.4 is 0 Å². The lowest BCUT2D eigenvalue weighted by Crippen LogP contribution is -2.30. The molecule has 6 heteroatoms. The molecule has 0 aliphatic carbocycles. The maximum Gasteiger partial charge on any atom is 0.306 e. The van der Waals surface area contributed by atoms with Crippen molar-refractivity contribution < 1.29 is 28.6 Å². The maximum atomic E-state index is 12.8. The first-order valence-corrected chi connectivity index (χ1v) is 30.0. The van der Waals surface area contributed by atoms with Crippen LogP contribution in [0.2, 0.25) is 0 Å². The largest absolute Gasteiger partial charge is 0.462 e. The molecule has 0 fully saturated rings. The SMILES string of the molecule is CCCCCCC/C=C\C/C=C\C/C=C\CCCCCCCCCCC(=O)OCC(COC(=O)CCCCCCCC)OC(=O)CCCCCCCCCCCCCCCCCCCCCCC. The molecule has 0 spiro atoms. The van der Waals surface area contributed by atoms with Gasteiger partial charge in [0, 0.05) is 19.3 Å². The predicted octanol–water partition coefficient (Wildman–Crippen LogP) is 20.0. The van der Waals surface area contributed by atoms with Gasteiger partial charge in [-0.1, -0.05) is 282 Å². The minimum absolute atomic E-state index is 0.0714. The van der Waals surface area contributed by atoms with E-state index in [1.54, 1.807) is 0 Å². The van der Waals surface area contributed by atoms with Gasteiger partial charge in [0.15, 0.2) is 6.10 Å². The van der Waals surface area contributed by atoms with E-state index in [-0.39, 0.29) is 31.1 Å². The van der Waals surface area contributed by atoms with Crippen LogP contribution in [0.5, 0.6) is 0 Å². The lowest BCUT2D eigenvalue weighted by atomic mass is 10.0. The zero-order valence-corrected chi connectivity index (χ0v) is 45.6. The number of hydrogen-bond donors (Lipinski definition) is 0. The molecule has 0 aromatic rings.